The number of allylic oxidation sites excluding steroid dienone is 12. The van der Waals surface area contributed by atoms with Gasteiger partial charge >= 0.3 is 11.9 Å². The van der Waals surface area contributed by atoms with Crippen LogP contribution in [0.4, 0.5) is 0 Å². The van der Waals surface area contributed by atoms with Gasteiger partial charge in [0.2, 0.25) is 6.29 Å². The van der Waals surface area contributed by atoms with Crippen molar-refractivity contribution in [2.75, 3.05) is 0 Å². The molecule has 1 fully saturated rings. The summed E-state index contributed by atoms with van der Waals surface area (Å²) in [6, 6.07) is 0. The molecule has 9 heteroatoms. The quantitative estimate of drug-likeness (QED) is 0.190. The Hall–Kier alpha value is -3.08. The van der Waals surface area contributed by atoms with Crippen molar-refractivity contribution in [1.29, 1.82) is 0 Å². The zero-order valence-electron chi connectivity index (χ0n) is 19.5. The second-order valence-electron chi connectivity index (χ2n) is 7.70. The standard InChI is InChI=1S/C25H32O9/c1-15(11-7-13-17(3)22(29)30)9-5-6-10-16(2)12-8-14-18(4)23(31)33-25-21(28)19(26)20(27)24(32)34-25/h5-14,19-21,24-28,32H,1-4H3,(H,29,30). The highest BCUT2D eigenvalue weighted by molar-refractivity contribution is 5.88. The van der Waals surface area contributed by atoms with Crippen molar-refractivity contribution in [2.45, 2.75) is 58.6 Å². The summed E-state index contributed by atoms with van der Waals surface area (Å²) in [5.74, 6) is -1.78. The molecule has 9 nitrogen and oxygen atoms in total. The van der Waals surface area contributed by atoms with Crippen molar-refractivity contribution < 1.29 is 44.6 Å². The van der Waals surface area contributed by atoms with Crippen molar-refractivity contribution in [2.24, 2.45) is 0 Å². The highest BCUT2D eigenvalue weighted by Gasteiger charge is 2.45. The lowest BCUT2D eigenvalue weighted by Gasteiger charge is -2.37. The molecule has 1 saturated heterocycles. The average Bonchev–Trinajstić information content (AvgIpc) is 2.78. The minimum absolute atomic E-state index is 0.183. The van der Waals surface area contributed by atoms with E-state index in [2.05, 4.69) is 0 Å². The SMILES string of the molecule is CC(C=CC=C(C)C(=O)O)=CC=CC=C(C)C=CC=C(C)C(=O)OC1OC(O)C(O)C(O)C1O. The minimum Gasteiger partial charge on any atom is -0.478 e. The van der Waals surface area contributed by atoms with Gasteiger partial charge in [0.25, 0.3) is 0 Å². The summed E-state index contributed by atoms with van der Waals surface area (Å²) < 4.78 is 9.76. The molecule has 5 N–H and O–H groups in total. The molecule has 34 heavy (non-hydrogen) atoms. The molecule has 0 saturated carbocycles. The summed E-state index contributed by atoms with van der Waals surface area (Å²) in [6.07, 6.45) is 8.66. The predicted octanol–water partition coefficient (Wildman–Crippen LogP) is 1.83. The number of aliphatic hydroxyl groups excluding tert-OH is 4. The first kappa shape index (κ1) is 29.0. The van der Waals surface area contributed by atoms with Crippen molar-refractivity contribution in [3.05, 3.63) is 83.1 Å². The number of ether oxygens (including phenoxy) is 2. The van der Waals surface area contributed by atoms with Gasteiger partial charge in [0.1, 0.15) is 18.3 Å². The molecule has 5 unspecified atom stereocenters. The third-order valence-electron chi connectivity index (χ3n) is 4.67. The Labute approximate surface area is 198 Å². The van der Waals surface area contributed by atoms with Crippen LogP contribution in [0, 0.1) is 0 Å². The summed E-state index contributed by atoms with van der Waals surface area (Å²) in [7, 11) is 0. The third-order valence-corrected chi connectivity index (χ3v) is 4.67. The van der Waals surface area contributed by atoms with Crippen LogP contribution in [-0.2, 0) is 19.1 Å². The summed E-state index contributed by atoms with van der Waals surface area (Å²) in [6.45, 7) is 6.74. The molecule has 0 bridgehead atoms. The Morgan fingerprint density at radius 3 is 1.71 bits per heavy atom. The molecule has 0 spiro atoms. The average molecular weight is 477 g/mol. The molecule has 5 atom stereocenters. The van der Waals surface area contributed by atoms with E-state index in [-0.39, 0.29) is 11.1 Å². The number of esters is 1. The number of carboxylic acids is 1. The van der Waals surface area contributed by atoms with Gasteiger partial charge < -0.3 is 35.0 Å². The first-order chi connectivity index (χ1) is 15.9. The van der Waals surface area contributed by atoms with Gasteiger partial charge in [-0.25, -0.2) is 9.59 Å². The van der Waals surface area contributed by atoms with E-state index in [1.807, 2.05) is 38.2 Å². The topological polar surface area (TPSA) is 154 Å². The van der Waals surface area contributed by atoms with Crippen LogP contribution in [0.1, 0.15) is 27.7 Å². The van der Waals surface area contributed by atoms with Crippen molar-refractivity contribution in [3.63, 3.8) is 0 Å². The zero-order chi connectivity index (χ0) is 25.8. The number of aliphatic hydroxyl groups is 4. The molecule has 0 radical (unpaired) electrons. The van der Waals surface area contributed by atoms with E-state index in [4.69, 9.17) is 14.6 Å². The van der Waals surface area contributed by atoms with E-state index >= 15 is 0 Å². The number of carboxylic acid groups (broad SMARTS) is 1. The maximum Gasteiger partial charge on any atom is 0.336 e. The minimum atomic E-state index is -1.80. The summed E-state index contributed by atoms with van der Waals surface area (Å²) in [5.41, 5.74) is 2.26. The number of carbonyl (C=O) groups excluding carboxylic acids is 1. The Morgan fingerprint density at radius 1 is 0.706 bits per heavy atom. The monoisotopic (exact) mass is 476 g/mol. The molecule has 1 aliphatic rings. The van der Waals surface area contributed by atoms with Gasteiger partial charge in [-0.15, -0.1) is 0 Å². The Bertz CT molecular complexity index is 934. The molecule has 1 rings (SSSR count). The molecule has 0 amide bonds. The molecule has 186 valence electrons. The molecular formula is C25H32O9. The summed E-state index contributed by atoms with van der Waals surface area (Å²) in [5, 5.41) is 47.2. The van der Waals surface area contributed by atoms with Crippen LogP contribution >= 0.6 is 0 Å². The summed E-state index contributed by atoms with van der Waals surface area (Å²) >= 11 is 0. The second kappa shape index (κ2) is 14.2. The normalized spacial score (nSPS) is 27.7. The highest BCUT2D eigenvalue weighted by Crippen LogP contribution is 2.21. The first-order valence-corrected chi connectivity index (χ1v) is 10.5. The maximum absolute atomic E-state index is 12.1. The fourth-order valence-electron chi connectivity index (χ4n) is 2.48. The summed E-state index contributed by atoms with van der Waals surface area (Å²) in [4.78, 5) is 22.9. The smallest absolute Gasteiger partial charge is 0.336 e. The van der Waals surface area contributed by atoms with Gasteiger partial charge in [-0.3, -0.25) is 0 Å². The van der Waals surface area contributed by atoms with Crippen LogP contribution in [0.15, 0.2) is 83.1 Å². The largest absolute Gasteiger partial charge is 0.478 e. The molecule has 1 aliphatic heterocycles. The number of aliphatic carboxylic acids is 1. The Kier molecular flexibility index (Phi) is 12.1. The second-order valence-corrected chi connectivity index (χ2v) is 7.70. The van der Waals surface area contributed by atoms with Gasteiger partial charge in [-0.2, -0.15) is 0 Å². The highest BCUT2D eigenvalue weighted by atomic mass is 16.8. The van der Waals surface area contributed by atoms with Crippen LogP contribution in [0.3, 0.4) is 0 Å². The van der Waals surface area contributed by atoms with E-state index in [0.717, 1.165) is 11.1 Å². The van der Waals surface area contributed by atoms with Crippen LogP contribution in [0.5, 0.6) is 0 Å². The fourth-order valence-corrected chi connectivity index (χ4v) is 2.48. The van der Waals surface area contributed by atoms with Gasteiger partial charge in [-0.1, -0.05) is 71.9 Å². The molecular weight excluding hydrogens is 444 g/mol. The van der Waals surface area contributed by atoms with Crippen LogP contribution in [0.25, 0.3) is 0 Å². The zero-order valence-corrected chi connectivity index (χ0v) is 19.5. The van der Waals surface area contributed by atoms with Gasteiger partial charge in [0, 0.05) is 11.1 Å². The lowest BCUT2D eigenvalue weighted by atomic mass is 10.0. The molecule has 0 aromatic carbocycles. The Balaban J connectivity index is 2.62. The van der Waals surface area contributed by atoms with Crippen LogP contribution in [-0.4, -0.2) is 68.4 Å². The number of hydrogen-bond donors (Lipinski definition) is 5. The van der Waals surface area contributed by atoms with Crippen molar-refractivity contribution >= 4 is 11.9 Å². The number of hydrogen-bond acceptors (Lipinski definition) is 8. The van der Waals surface area contributed by atoms with Crippen molar-refractivity contribution in [1.82, 2.24) is 0 Å². The molecule has 0 aliphatic carbocycles. The lowest BCUT2D eigenvalue weighted by Crippen LogP contribution is -2.58. The van der Waals surface area contributed by atoms with Crippen LogP contribution in [0.2, 0.25) is 0 Å². The first-order valence-electron chi connectivity index (χ1n) is 10.5. The predicted molar refractivity (Wildman–Crippen MR) is 125 cm³/mol. The van der Waals surface area contributed by atoms with Crippen LogP contribution < -0.4 is 0 Å². The molecule has 1 heterocycles. The maximum atomic E-state index is 12.1. The third kappa shape index (κ3) is 9.82. The van der Waals surface area contributed by atoms with Gasteiger partial charge in [0.05, 0.1) is 0 Å². The number of rotatable bonds is 9. The van der Waals surface area contributed by atoms with E-state index in [0.29, 0.717) is 0 Å². The fraction of sp³-hybridized carbons (Fsp3) is 0.360. The van der Waals surface area contributed by atoms with Gasteiger partial charge in [0.15, 0.2) is 6.29 Å². The van der Waals surface area contributed by atoms with E-state index in [1.54, 1.807) is 24.3 Å². The van der Waals surface area contributed by atoms with Gasteiger partial charge in [-0.05, 0) is 27.7 Å². The van der Waals surface area contributed by atoms with E-state index < -0.39 is 42.8 Å². The number of carbonyl (C=O) groups is 2. The van der Waals surface area contributed by atoms with E-state index in [9.17, 15) is 30.0 Å². The lowest BCUT2D eigenvalue weighted by molar-refractivity contribution is -0.330. The van der Waals surface area contributed by atoms with Crippen molar-refractivity contribution in [3.8, 4) is 0 Å². The van der Waals surface area contributed by atoms with E-state index in [1.165, 1.54) is 26.0 Å². The molecule has 0 aromatic rings. The Morgan fingerprint density at radius 2 is 1.21 bits per heavy atom. The molecule has 0 aromatic heterocycles.